The van der Waals surface area contributed by atoms with E-state index in [1.54, 1.807) is 6.92 Å². The monoisotopic (exact) mass is 313 g/mol. The van der Waals surface area contributed by atoms with Crippen LogP contribution in [0.4, 0.5) is 0 Å². The predicted molar refractivity (Wildman–Crippen MR) is 69.9 cm³/mol. The molecule has 1 aliphatic heterocycles. The number of sulfonamides is 1. The molecular formula is C10H19NO6S2. The van der Waals surface area contributed by atoms with Gasteiger partial charge < -0.3 is 4.74 Å². The zero-order chi connectivity index (χ0) is 14.7. The smallest absolute Gasteiger partial charge is 0.321 e. The van der Waals surface area contributed by atoms with Crippen LogP contribution in [-0.2, 0) is 29.4 Å². The Morgan fingerprint density at radius 2 is 1.84 bits per heavy atom. The van der Waals surface area contributed by atoms with Crippen molar-refractivity contribution in [1.82, 2.24) is 4.31 Å². The Kier molecular flexibility index (Phi) is 5.34. The average molecular weight is 313 g/mol. The highest BCUT2D eigenvalue weighted by Crippen LogP contribution is 2.22. The molecule has 112 valence electrons. The Morgan fingerprint density at radius 3 is 2.26 bits per heavy atom. The van der Waals surface area contributed by atoms with E-state index in [1.807, 2.05) is 0 Å². The molecular weight excluding hydrogens is 294 g/mol. The second kappa shape index (κ2) is 6.19. The summed E-state index contributed by atoms with van der Waals surface area (Å²) in [5.74, 6) is -0.867. The van der Waals surface area contributed by atoms with E-state index in [4.69, 9.17) is 0 Å². The summed E-state index contributed by atoms with van der Waals surface area (Å²) >= 11 is 0. The molecule has 1 heterocycles. The van der Waals surface area contributed by atoms with Gasteiger partial charge >= 0.3 is 5.97 Å². The molecule has 9 heteroatoms. The molecule has 0 atom stereocenters. The Morgan fingerprint density at radius 1 is 1.32 bits per heavy atom. The van der Waals surface area contributed by atoms with Gasteiger partial charge in [-0.25, -0.2) is 16.8 Å². The minimum atomic E-state index is -3.66. The summed E-state index contributed by atoms with van der Waals surface area (Å²) in [4.78, 5) is 11.2. The van der Waals surface area contributed by atoms with Gasteiger partial charge in [-0.2, -0.15) is 4.31 Å². The summed E-state index contributed by atoms with van der Waals surface area (Å²) in [5, 5.41) is -0.736. The topological polar surface area (TPSA) is 97.8 Å². The predicted octanol–water partition coefficient (Wildman–Crippen LogP) is -0.612. The minimum absolute atomic E-state index is 0.0857. The highest BCUT2D eigenvalue weighted by molar-refractivity contribution is 7.92. The Balaban J connectivity index is 2.81. The molecule has 0 amide bonds. The van der Waals surface area contributed by atoms with Crippen molar-refractivity contribution in [3.05, 3.63) is 0 Å². The summed E-state index contributed by atoms with van der Waals surface area (Å²) in [6.45, 7) is 1.44. The lowest BCUT2D eigenvalue weighted by Crippen LogP contribution is -2.44. The maximum absolute atomic E-state index is 12.3. The van der Waals surface area contributed by atoms with E-state index in [0.29, 0.717) is 0 Å². The first-order valence-corrected chi connectivity index (χ1v) is 9.31. The zero-order valence-corrected chi connectivity index (χ0v) is 12.7. The standard InChI is InChI=1S/C10H19NO6S2/c1-3-11(8-10(12)17-2)19(15,16)9-4-6-18(13,14)7-5-9/h9H,3-8H2,1-2H3. The maximum atomic E-state index is 12.3. The molecule has 0 saturated carbocycles. The van der Waals surface area contributed by atoms with E-state index in [0.717, 1.165) is 4.31 Å². The number of carbonyl (C=O) groups is 1. The van der Waals surface area contributed by atoms with Crippen molar-refractivity contribution >= 4 is 25.8 Å². The van der Waals surface area contributed by atoms with Crippen molar-refractivity contribution in [2.75, 3.05) is 31.7 Å². The summed E-state index contributed by atoms with van der Waals surface area (Å²) in [7, 11) is -5.58. The van der Waals surface area contributed by atoms with Crippen LogP contribution < -0.4 is 0 Å². The van der Waals surface area contributed by atoms with Crippen molar-refractivity contribution < 1.29 is 26.4 Å². The lowest BCUT2D eigenvalue weighted by Gasteiger charge is -2.28. The number of hydrogen-bond acceptors (Lipinski definition) is 6. The molecule has 0 aromatic rings. The van der Waals surface area contributed by atoms with Gasteiger partial charge in [-0.1, -0.05) is 6.92 Å². The van der Waals surface area contributed by atoms with E-state index >= 15 is 0 Å². The molecule has 0 radical (unpaired) electrons. The lowest BCUT2D eigenvalue weighted by molar-refractivity contribution is -0.140. The van der Waals surface area contributed by atoms with Gasteiger partial charge in [-0.05, 0) is 12.8 Å². The number of rotatable bonds is 5. The molecule has 19 heavy (non-hydrogen) atoms. The highest BCUT2D eigenvalue weighted by Gasteiger charge is 2.36. The molecule has 7 nitrogen and oxygen atoms in total. The number of esters is 1. The van der Waals surface area contributed by atoms with Crippen molar-refractivity contribution in [3.63, 3.8) is 0 Å². The van der Waals surface area contributed by atoms with Gasteiger partial charge in [0, 0.05) is 6.54 Å². The number of sulfone groups is 1. The average Bonchev–Trinajstić information content (AvgIpc) is 2.34. The number of hydrogen-bond donors (Lipinski definition) is 0. The Hall–Kier alpha value is -0.670. The van der Waals surface area contributed by atoms with Crippen LogP contribution in [0.5, 0.6) is 0 Å². The van der Waals surface area contributed by atoms with Crippen LogP contribution in [0, 0.1) is 0 Å². The summed E-state index contributed by atoms with van der Waals surface area (Å²) in [6.07, 6.45) is 0.171. The van der Waals surface area contributed by atoms with E-state index in [2.05, 4.69) is 4.74 Å². The summed E-state index contributed by atoms with van der Waals surface area (Å²) < 4.78 is 52.7. The molecule has 0 spiro atoms. The molecule has 0 unspecified atom stereocenters. The number of ether oxygens (including phenoxy) is 1. The number of likely N-dealkylation sites (N-methyl/N-ethyl adjacent to an activating group) is 1. The first-order valence-electron chi connectivity index (χ1n) is 5.99. The SMILES string of the molecule is CCN(CC(=O)OC)S(=O)(=O)C1CCS(=O)(=O)CC1. The third-order valence-electron chi connectivity index (χ3n) is 3.17. The number of carbonyl (C=O) groups excluding carboxylic acids is 1. The van der Waals surface area contributed by atoms with Gasteiger partial charge in [0.25, 0.3) is 0 Å². The van der Waals surface area contributed by atoms with E-state index in [9.17, 15) is 21.6 Å². The van der Waals surface area contributed by atoms with Crippen LogP contribution in [0.3, 0.4) is 0 Å². The maximum Gasteiger partial charge on any atom is 0.321 e. The molecule has 1 rings (SSSR count). The molecule has 1 saturated heterocycles. The normalized spacial score (nSPS) is 20.4. The summed E-state index contributed by atoms with van der Waals surface area (Å²) in [6, 6.07) is 0. The Bertz CT molecular complexity index is 510. The molecule has 1 aliphatic rings. The molecule has 0 aromatic heterocycles. The number of nitrogens with zero attached hydrogens (tertiary/aromatic N) is 1. The van der Waals surface area contributed by atoms with Gasteiger partial charge in [0.15, 0.2) is 0 Å². The molecule has 0 bridgehead atoms. The quantitative estimate of drug-likeness (QED) is 0.628. The third-order valence-corrected chi connectivity index (χ3v) is 7.30. The van der Waals surface area contributed by atoms with Crippen molar-refractivity contribution in [1.29, 1.82) is 0 Å². The van der Waals surface area contributed by atoms with Gasteiger partial charge in [0.05, 0.1) is 23.9 Å². The van der Waals surface area contributed by atoms with Crippen LogP contribution in [0.25, 0.3) is 0 Å². The fourth-order valence-corrected chi connectivity index (χ4v) is 5.66. The molecule has 0 N–H and O–H groups in total. The van der Waals surface area contributed by atoms with Gasteiger partial charge in [0.1, 0.15) is 16.4 Å². The zero-order valence-electron chi connectivity index (χ0n) is 11.0. The largest absolute Gasteiger partial charge is 0.468 e. The minimum Gasteiger partial charge on any atom is -0.468 e. The second-order valence-corrected chi connectivity index (χ2v) is 8.92. The van der Waals surface area contributed by atoms with Crippen molar-refractivity contribution in [2.24, 2.45) is 0 Å². The van der Waals surface area contributed by atoms with Crippen LogP contribution in [0.1, 0.15) is 19.8 Å². The van der Waals surface area contributed by atoms with Crippen LogP contribution >= 0.6 is 0 Å². The second-order valence-electron chi connectivity index (χ2n) is 4.40. The van der Waals surface area contributed by atoms with Crippen LogP contribution in [-0.4, -0.2) is 64.1 Å². The number of methoxy groups -OCH3 is 1. The van der Waals surface area contributed by atoms with Crippen LogP contribution in [0.15, 0.2) is 0 Å². The van der Waals surface area contributed by atoms with E-state index < -0.39 is 31.1 Å². The molecule has 0 aliphatic carbocycles. The van der Waals surface area contributed by atoms with Crippen LogP contribution in [0.2, 0.25) is 0 Å². The molecule has 0 aromatic carbocycles. The fraction of sp³-hybridized carbons (Fsp3) is 0.900. The molecule has 1 fully saturated rings. The van der Waals surface area contributed by atoms with Gasteiger partial charge in [-0.15, -0.1) is 0 Å². The van der Waals surface area contributed by atoms with Crippen molar-refractivity contribution in [3.8, 4) is 0 Å². The first kappa shape index (κ1) is 16.4. The third kappa shape index (κ3) is 4.15. The fourth-order valence-electron chi connectivity index (χ4n) is 1.97. The van der Waals surface area contributed by atoms with Crippen molar-refractivity contribution in [2.45, 2.75) is 25.0 Å². The first-order chi connectivity index (χ1) is 8.73. The van der Waals surface area contributed by atoms with Gasteiger partial charge in [-0.3, -0.25) is 4.79 Å². The van der Waals surface area contributed by atoms with E-state index in [-0.39, 0.29) is 37.4 Å². The summed E-state index contributed by atoms with van der Waals surface area (Å²) in [5.41, 5.74) is 0. The lowest BCUT2D eigenvalue weighted by atomic mass is 10.2. The van der Waals surface area contributed by atoms with E-state index in [1.165, 1.54) is 7.11 Å². The Labute approximate surface area is 113 Å². The highest BCUT2D eigenvalue weighted by atomic mass is 32.2. The van der Waals surface area contributed by atoms with Gasteiger partial charge in [0.2, 0.25) is 10.0 Å².